The SMILES string of the molecule is C[C@H](Oc1ccccc1)C(=O)Nc1cc(Cl)ccc1O. The zero-order valence-corrected chi connectivity index (χ0v) is 11.6. The maximum Gasteiger partial charge on any atom is 0.265 e. The van der Waals surface area contributed by atoms with Gasteiger partial charge in [0.1, 0.15) is 11.5 Å². The second-order valence-electron chi connectivity index (χ2n) is 4.22. The zero-order chi connectivity index (χ0) is 14.5. The Morgan fingerprint density at radius 3 is 2.65 bits per heavy atom. The van der Waals surface area contributed by atoms with E-state index in [4.69, 9.17) is 16.3 Å². The monoisotopic (exact) mass is 291 g/mol. The molecule has 20 heavy (non-hydrogen) atoms. The van der Waals surface area contributed by atoms with Crippen molar-refractivity contribution in [3.05, 3.63) is 53.6 Å². The van der Waals surface area contributed by atoms with Gasteiger partial charge in [-0.05, 0) is 37.3 Å². The van der Waals surface area contributed by atoms with Crippen LogP contribution >= 0.6 is 11.6 Å². The molecular weight excluding hydrogens is 278 g/mol. The molecule has 5 heteroatoms. The van der Waals surface area contributed by atoms with Gasteiger partial charge in [0.15, 0.2) is 6.10 Å². The molecule has 0 bridgehead atoms. The van der Waals surface area contributed by atoms with E-state index < -0.39 is 6.10 Å². The van der Waals surface area contributed by atoms with Crippen LogP contribution in [0.5, 0.6) is 11.5 Å². The summed E-state index contributed by atoms with van der Waals surface area (Å²) in [7, 11) is 0. The van der Waals surface area contributed by atoms with Gasteiger partial charge >= 0.3 is 0 Å². The molecule has 0 aliphatic carbocycles. The molecule has 104 valence electrons. The fourth-order valence-electron chi connectivity index (χ4n) is 1.60. The summed E-state index contributed by atoms with van der Waals surface area (Å²) in [5, 5.41) is 12.6. The second-order valence-corrected chi connectivity index (χ2v) is 4.66. The van der Waals surface area contributed by atoms with Crippen LogP contribution in [0.3, 0.4) is 0 Å². The van der Waals surface area contributed by atoms with Crippen LogP contribution in [0.4, 0.5) is 5.69 Å². The van der Waals surface area contributed by atoms with Gasteiger partial charge in [0.2, 0.25) is 0 Å². The summed E-state index contributed by atoms with van der Waals surface area (Å²) in [5.41, 5.74) is 0.256. The Labute approximate surface area is 122 Å². The lowest BCUT2D eigenvalue weighted by atomic mass is 10.2. The highest BCUT2D eigenvalue weighted by atomic mass is 35.5. The normalized spacial score (nSPS) is 11.7. The molecule has 2 N–H and O–H groups in total. The van der Waals surface area contributed by atoms with Gasteiger partial charge in [-0.2, -0.15) is 0 Å². The van der Waals surface area contributed by atoms with Gasteiger partial charge in [0, 0.05) is 5.02 Å². The number of phenolic OH excluding ortho intramolecular Hbond substituents is 1. The number of anilines is 1. The second kappa shape index (κ2) is 6.30. The first-order valence-corrected chi connectivity index (χ1v) is 6.45. The number of hydrogen-bond donors (Lipinski definition) is 2. The third kappa shape index (κ3) is 3.65. The van der Waals surface area contributed by atoms with Gasteiger partial charge in [-0.25, -0.2) is 0 Å². The molecule has 1 atom stereocenters. The van der Waals surface area contributed by atoms with Gasteiger partial charge in [-0.3, -0.25) is 4.79 Å². The number of ether oxygens (including phenoxy) is 1. The molecule has 0 aliphatic rings. The average molecular weight is 292 g/mol. The van der Waals surface area contributed by atoms with E-state index in [9.17, 15) is 9.90 Å². The lowest BCUT2D eigenvalue weighted by Gasteiger charge is -2.15. The topological polar surface area (TPSA) is 58.6 Å². The summed E-state index contributed by atoms with van der Waals surface area (Å²) in [5.74, 6) is 0.187. The van der Waals surface area contributed by atoms with E-state index in [0.717, 1.165) is 0 Å². The molecule has 2 aromatic carbocycles. The maximum atomic E-state index is 12.0. The summed E-state index contributed by atoms with van der Waals surface area (Å²) < 4.78 is 5.49. The number of aromatic hydroxyl groups is 1. The molecule has 2 rings (SSSR count). The van der Waals surface area contributed by atoms with Gasteiger partial charge in [0.05, 0.1) is 5.69 Å². The van der Waals surface area contributed by atoms with E-state index in [1.165, 1.54) is 18.2 Å². The van der Waals surface area contributed by atoms with Crippen LogP contribution in [0.2, 0.25) is 5.02 Å². The lowest BCUT2D eigenvalue weighted by Crippen LogP contribution is -2.30. The third-order valence-electron chi connectivity index (χ3n) is 2.64. The highest BCUT2D eigenvalue weighted by molar-refractivity contribution is 6.31. The van der Waals surface area contributed by atoms with Crippen LogP contribution in [0.25, 0.3) is 0 Å². The molecule has 0 aromatic heterocycles. The molecule has 1 amide bonds. The molecule has 0 spiro atoms. The summed E-state index contributed by atoms with van der Waals surface area (Å²) in [6, 6.07) is 13.5. The van der Waals surface area contributed by atoms with Gasteiger partial charge in [-0.1, -0.05) is 29.8 Å². The van der Waals surface area contributed by atoms with Crippen molar-refractivity contribution in [1.82, 2.24) is 0 Å². The minimum absolute atomic E-state index is 0.0466. The first-order valence-electron chi connectivity index (χ1n) is 6.07. The van der Waals surface area contributed by atoms with Crippen LogP contribution in [0.1, 0.15) is 6.92 Å². The van der Waals surface area contributed by atoms with E-state index in [2.05, 4.69) is 5.32 Å². The van der Waals surface area contributed by atoms with Crippen molar-refractivity contribution in [2.24, 2.45) is 0 Å². The van der Waals surface area contributed by atoms with Crippen molar-refractivity contribution >= 4 is 23.2 Å². The molecule has 0 radical (unpaired) electrons. The van der Waals surface area contributed by atoms with Crippen molar-refractivity contribution in [3.8, 4) is 11.5 Å². The highest BCUT2D eigenvalue weighted by Crippen LogP contribution is 2.26. The Bertz CT molecular complexity index is 601. The molecular formula is C15H14ClNO3. The molecule has 2 aromatic rings. The number of nitrogens with one attached hydrogen (secondary N) is 1. The number of phenols is 1. The Morgan fingerprint density at radius 1 is 1.25 bits per heavy atom. The number of rotatable bonds is 4. The fraction of sp³-hybridized carbons (Fsp3) is 0.133. The van der Waals surface area contributed by atoms with E-state index in [-0.39, 0.29) is 17.3 Å². The molecule has 0 aliphatic heterocycles. The summed E-state index contributed by atoms with van der Waals surface area (Å²) >= 11 is 5.82. The Kier molecular flexibility index (Phi) is 4.48. The fourth-order valence-corrected chi connectivity index (χ4v) is 1.77. The standard InChI is InChI=1S/C15H14ClNO3/c1-10(20-12-5-3-2-4-6-12)15(19)17-13-9-11(16)7-8-14(13)18/h2-10,18H,1H3,(H,17,19)/t10-/m0/s1. The number of benzene rings is 2. The lowest BCUT2D eigenvalue weighted by molar-refractivity contribution is -0.122. The van der Waals surface area contributed by atoms with Crippen molar-refractivity contribution in [2.75, 3.05) is 5.32 Å². The van der Waals surface area contributed by atoms with E-state index in [0.29, 0.717) is 10.8 Å². The van der Waals surface area contributed by atoms with E-state index >= 15 is 0 Å². The van der Waals surface area contributed by atoms with Gasteiger partial charge in [0.25, 0.3) is 5.91 Å². The predicted molar refractivity (Wildman–Crippen MR) is 78.3 cm³/mol. The van der Waals surface area contributed by atoms with Crippen LogP contribution in [-0.2, 0) is 4.79 Å². The molecule has 0 heterocycles. The molecule has 0 saturated heterocycles. The third-order valence-corrected chi connectivity index (χ3v) is 2.88. The zero-order valence-electron chi connectivity index (χ0n) is 10.8. The largest absolute Gasteiger partial charge is 0.506 e. The first kappa shape index (κ1) is 14.2. The Morgan fingerprint density at radius 2 is 1.95 bits per heavy atom. The van der Waals surface area contributed by atoms with E-state index in [1.807, 2.05) is 18.2 Å². The Balaban J connectivity index is 2.02. The number of halogens is 1. The van der Waals surface area contributed by atoms with Crippen molar-refractivity contribution in [3.63, 3.8) is 0 Å². The summed E-state index contributed by atoms with van der Waals surface area (Å²) in [4.78, 5) is 12.0. The minimum Gasteiger partial charge on any atom is -0.506 e. The minimum atomic E-state index is -0.698. The van der Waals surface area contributed by atoms with Crippen molar-refractivity contribution < 1.29 is 14.6 Å². The smallest absolute Gasteiger partial charge is 0.265 e. The average Bonchev–Trinajstić information content (AvgIpc) is 2.44. The molecule has 0 fully saturated rings. The van der Waals surface area contributed by atoms with Crippen molar-refractivity contribution in [1.29, 1.82) is 0 Å². The van der Waals surface area contributed by atoms with E-state index in [1.54, 1.807) is 19.1 Å². The van der Waals surface area contributed by atoms with Crippen LogP contribution < -0.4 is 10.1 Å². The first-order chi connectivity index (χ1) is 9.56. The number of carbonyl (C=O) groups excluding carboxylic acids is 1. The number of para-hydroxylation sites is 1. The van der Waals surface area contributed by atoms with Gasteiger partial charge < -0.3 is 15.2 Å². The quantitative estimate of drug-likeness (QED) is 0.848. The van der Waals surface area contributed by atoms with Crippen LogP contribution in [0, 0.1) is 0 Å². The molecule has 0 unspecified atom stereocenters. The summed E-state index contributed by atoms with van der Waals surface area (Å²) in [6.07, 6.45) is -0.698. The summed E-state index contributed by atoms with van der Waals surface area (Å²) in [6.45, 7) is 1.63. The number of hydrogen-bond acceptors (Lipinski definition) is 3. The highest BCUT2D eigenvalue weighted by Gasteiger charge is 2.16. The predicted octanol–water partition coefficient (Wildman–Crippen LogP) is 3.45. The van der Waals surface area contributed by atoms with Gasteiger partial charge in [-0.15, -0.1) is 0 Å². The Hall–Kier alpha value is -2.20. The number of carbonyl (C=O) groups is 1. The molecule has 4 nitrogen and oxygen atoms in total. The maximum absolute atomic E-state index is 12.0. The molecule has 0 saturated carbocycles. The van der Waals surface area contributed by atoms with Crippen molar-refractivity contribution in [2.45, 2.75) is 13.0 Å². The van der Waals surface area contributed by atoms with Crippen LogP contribution in [0.15, 0.2) is 48.5 Å². The number of amides is 1. The van der Waals surface area contributed by atoms with Crippen LogP contribution in [-0.4, -0.2) is 17.1 Å².